The molecular weight excluding hydrogens is 500 g/mol. The summed E-state index contributed by atoms with van der Waals surface area (Å²) >= 11 is 0. The zero-order valence-electron chi connectivity index (χ0n) is 20.4. The van der Waals surface area contributed by atoms with Crippen LogP contribution in [-0.2, 0) is 12.7 Å². The highest BCUT2D eigenvalue weighted by atomic mass is 19.4. The second kappa shape index (κ2) is 9.73. The lowest BCUT2D eigenvalue weighted by Gasteiger charge is -2.11. The van der Waals surface area contributed by atoms with Crippen LogP contribution in [-0.4, -0.2) is 30.3 Å². The van der Waals surface area contributed by atoms with Crippen molar-refractivity contribution in [1.29, 1.82) is 0 Å². The zero-order valence-corrected chi connectivity index (χ0v) is 20.4. The van der Waals surface area contributed by atoms with Crippen molar-refractivity contribution in [1.82, 2.24) is 24.4 Å². The fraction of sp³-hybridized carbons (Fsp3) is 0.185. The average Bonchev–Trinajstić information content (AvgIpc) is 3.51. The number of alkyl halides is 3. The lowest BCUT2D eigenvalue weighted by molar-refractivity contribution is -0.142. The highest BCUT2D eigenvalue weighted by Crippen LogP contribution is 2.32. The van der Waals surface area contributed by atoms with Crippen LogP contribution in [0.1, 0.15) is 47.1 Å². The van der Waals surface area contributed by atoms with Crippen molar-refractivity contribution in [2.75, 3.05) is 5.32 Å². The molecule has 0 fully saturated rings. The summed E-state index contributed by atoms with van der Waals surface area (Å²) in [7, 11) is 0. The van der Waals surface area contributed by atoms with Gasteiger partial charge in [-0.05, 0) is 23.6 Å². The van der Waals surface area contributed by atoms with Gasteiger partial charge in [0.1, 0.15) is 5.82 Å². The van der Waals surface area contributed by atoms with E-state index in [0.717, 1.165) is 11.6 Å². The van der Waals surface area contributed by atoms with Crippen molar-refractivity contribution >= 4 is 17.2 Å². The van der Waals surface area contributed by atoms with Gasteiger partial charge in [-0.1, -0.05) is 56.3 Å². The van der Waals surface area contributed by atoms with Crippen molar-refractivity contribution in [2.45, 2.75) is 32.5 Å². The Kier molecular flexibility index (Phi) is 6.43. The van der Waals surface area contributed by atoms with Crippen LogP contribution in [0.4, 0.5) is 23.2 Å². The van der Waals surface area contributed by atoms with E-state index in [1.54, 1.807) is 30.3 Å². The number of fused-ring (bicyclic) bond motifs is 1. The summed E-state index contributed by atoms with van der Waals surface area (Å²) in [4.78, 5) is 17.2. The number of aromatic nitrogens is 5. The maximum atomic E-state index is 13.9. The number of benzene rings is 2. The van der Waals surface area contributed by atoms with Crippen LogP contribution in [0.5, 0.6) is 0 Å². The van der Waals surface area contributed by atoms with Gasteiger partial charge in [0.25, 0.3) is 5.91 Å². The van der Waals surface area contributed by atoms with Crippen LogP contribution in [0.25, 0.3) is 16.9 Å². The molecule has 11 heteroatoms. The fourth-order valence-electron chi connectivity index (χ4n) is 3.98. The molecule has 1 amide bonds. The monoisotopic (exact) mass is 522 g/mol. The molecule has 0 saturated carbocycles. The van der Waals surface area contributed by atoms with E-state index in [1.165, 1.54) is 29.2 Å². The van der Waals surface area contributed by atoms with Gasteiger partial charge in [-0.2, -0.15) is 23.4 Å². The Labute approximate surface area is 214 Å². The van der Waals surface area contributed by atoms with Crippen molar-refractivity contribution in [3.05, 3.63) is 101 Å². The summed E-state index contributed by atoms with van der Waals surface area (Å²) in [5.41, 5.74) is 0.930. The number of carbonyl (C=O) groups excluding carboxylic acids is 1. The molecule has 0 unspecified atom stereocenters. The molecule has 7 nitrogen and oxygen atoms in total. The number of rotatable bonds is 6. The summed E-state index contributed by atoms with van der Waals surface area (Å²) < 4.78 is 57.7. The first kappa shape index (κ1) is 25.1. The third-order valence-electron chi connectivity index (χ3n) is 6.00. The lowest BCUT2D eigenvalue weighted by atomic mass is 10.0. The number of nitrogens with zero attached hydrogens (tertiary/aromatic N) is 5. The van der Waals surface area contributed by atoms with E-state index < -0.39 is 17.8 Å². The molecule has 194 valence electrons. The first-order valence-electron chi connectivity index (χ1n) is 11.7. The van der Waals surface area contributed by atoms with Crippen LogP contribution in [0.15, 0.2) is 73.1 Å². The molecule has 2 aromatic carbocycles. The Hall–Kier alpha value is -4.54. The molecule has 0 aliphatic rings. The summed E-state index contributed by atoms with van der Waals surface area (Å²) in [5, 5.41) is 10.5. The van der Waals surface area contributed by atoms with E-state index in [0.29, 0.717) is 15.6 Å². The number of anilines is 1. The molecule has 3 aromatic heterocycles. The Morgan fingerprint density at radius 3 is 2.47 bits per heavy atom. The van der Waals surface area contributed by atoms with Crippen LogP contribution in [0.3, 0.4) is 0 Å². The van der Waals surface area contributed by atoms with E-state index in [1.807, 2.05) is 26.0 Å². The predicted octanol–water partition coefficient (Wildman–Crippen LogP) is 6.17. The quantitative estimate of drug-likeness (QED) is 0.271. The van der Waals surface area contributed by atoms with Gasteiger partial charge in [0.15, 0.2) is 17.0 Å². The minimum Gasteiger partial charge on any atom is -0.318 e. The molecule has 0 radical (unpaired) electrons. The van der Waals surface area contributed by atoms with Gasteiger partial charge >= 0.3 is 6.18 Å². The van der Waals surface area contributed by atoms with Crippen LogP contribution >= 0.6 is 0 Å². The maximum Gasteiger partial charge on any atom is 0.433 e. The fourth-order valence-corrected chi connectivity index (χ4v) is 3.98. The average molecular weight is 523 g/mol. The molecule has 3 heterocycles. The molecule has 1 N–H and O–H groups in total. The molecule has 0 saturated heterocycles. The van der Waals surface area contributed by atoms with Crippen LogP contribution < -0.4 is 5.32 Å². The third kappa shape index (κ3) is 5.13. The zero-order chi connectivity index (χ0) is 27.0. The van der Waals surface area contributed by atoms with E-state index in [-0.39, 0.29) is 41.0 Å². The number of nitrogens with one attached hydrogen (secondary N) is 1. The number of halogens is 4. The molecule has 0 spiro atoms. The Morgan fingerprint density at radius 2 is 1.79 bits per heavy atom. The van der Waals surface area contributed by atoms with Crippen molar-refractivity contribution in [3.8, 4) is 11.3 Å². The molecule has 5 aromatic rings. The lowest BCUT2D eigenvalue weighted by Crippen LogP contribution is -2.15. The molecule has 0 bridgehead atoms. The Bertz CT molecular complexity index is 1620. The largest absolute Gasteiger partial charge is 0.433 e. The summed E-state index contributed by atoms with van der Waals surface area (Å²) in [6, 6.07) is 15.5. The minimum atomic E-state index is -4.73. The van der Waals surface area contributed by atoms with Crippen LogP contribution in [0, 0.1) is 5.82 Å². The molecule has 0 atom stereocenters. The Morgan fingerprint density at radius 1 is 1.05 bits per heavy atom. The standard InChI is InChI=1S/C27H22F4N6O/c1-16(2)17-7-9-18(10-8-17)22-11-24(27(29,30)31)37-25(34-22)12-23(35-37)26(38)33-20-13-32-36(15-20)14-19-5-3-4-6-21(19)28/h3-13,15-16H,14H2,1-2H3,(H,33,38). The normalized spacial score (nSPS) is 11.9. The smallest absolute Gasteiger partial charge is 0.318 e. The van der Waals surface area contributed by atoms with Crippen molar-refractivity contribution in [3.63, 3.8) is 0 Å². The molecule has 0 aliphatic heterocycles. The SMILES string of the molecule is CC(C)c1ccc(-c2cc(C(F)(F)F)n3nc(C(=O)Nc4cnn(Cc5ccccc5F)c4)cc3n2)cc1. The van der Waals surface area contributed by atoms with E-state index >= 15 is 0 Å². The third-order valence-corrected chi connectivity index (χ3v) is 6.00. The highest BCUT2D eigenvalue weighted by Gasteiger charge is 2.35. The molecule has 0 aliphatic carbocycles. The first-order valence-corrected chi connectivity index (χ1v) is 11.7. The molecule has 5 rings (SSSR count). The summed E-state index contributed by atoms with van der Waals surface area (Å²) in [6.07, 6.45) is -1.90. The predicted molar refractivity (Wildman–Crippen MR) is 133 cm³/mol. The highest BCUT2D eigenvalue weighted by molar-refractivity contribution is 6.03. The number of hydrogen-bond acceptors (Lipinski definition) is 4. The van der Waals surface area contributed by atoms with Gasteiger partial charge in [0.2, 0.25) is 0 Å². The number of carbonyl (C=O) groups is 1. The number of amides is 1. The summed E-state index contributed by atoms with van der Waals surface area (Å²) in [5.74, 6) is -0.855. The topological polar surface area (TPSA) is 77.1 Å². The second-order valence-electron chi connectivity index (χ2n) is 9.07. The van der Waals surface area contributed by atoms with Crippen molar-refractivity contribution < 1.29 is 22.4 Å². The van der Waals surface area contributed by atoms with Gasteiger partial charge in [0.05, 0.1) is 24.1 Å². The van der Waals surface area contributed by atoms with Gasteiger partial charge in [-0.15, -0.1) is 0 Å². The van der Waals surface area contributed by atoms with Crippen LogP contribution in [0.2, 0.25) is 0 Å². The number of hydrogen-bond donors (Lipinski definition) is 1. The van der Waals surface area contributed by atoms with Gasteiger partial charge in [0, 0.05) is 23.4 Å². The second-order valence-corrected chi connectivity index (χ2v) is 9.07. The molecule has 38 heavy (non-hydrogen) atoms. The van der Waals surface area contributed by atoms with Gasteiger partial charge < -0.3 is 5.32 Å². The Balaban J connectivity index is 1.42. The molecular formula is C27H22F4N6O. The van der Waals surface area contributed by atoms with Crippen molar-refractivity contribution in [2.24, 2.45) is 0 Å². The first-order chi connectivity index (χ1) is 18.1. The summed E-state index contributed by atoms with van der Waals surface area (Å²) in [6.45, 7) is 4.18. The maximum absolute atomic E-state index is 13.9. The van der Waals surface area contributed by atoms with Gasteiger partial charge in [-0.25, -0.2) is 13.9 Å². The van der Waals surface area contributed by atoms with E-state index in [2.05, 4.69) is 20.5 Å². The van der Waals surface area contributed by atoms with E-state index in [9.17, 15) is 22.4 Å². The minimum absolute atomic E-state index is 0.112. The van der Waals surface area contributed by atoms with E-state index in [4.69, 9.17) is 0 Å². The van der Waals surface area contributed by atoms with Gasteiger partial charge in [-0.3, -0.25) is 9.48 Å².